The van der Waals surface area contributed by atoms with Crippen LogP contribution in [-0.4, -0.2) is 42.5 Å². The summed E-state index contributed by atoms with van der Waals surface area (Å²) >= 11 is 1.53. The number of rotatable bonds is 7. The third kappa shape index (κ3) is 6.89. The molecule has 8 heteroatoms. The molecule has 0 bridgehead atoms. The van der Waals surface area contributed by atoms with E-state index in [1.807, 2.05) is 39.8 Å². The number of aryl methyl sites for hydroxylation is 2. The fraction of sp³-hybridized carbons (Fsp3) is 0.500. The number of anilines is 1. The third-order valence-electron chi connectivity index (χ3n) is 6.72. The van der Waals surface area contributed by atoms with Gasteiger partial charge in [-0.15, -0.1) is 11.3 Å². The monoisotopic (exact) mass is 512 g/mol. The van der Waals surface area contributed by atoms with Crippen molar-refractivity contribution >= 4 is 22.2 Å². The van der Waals surface area contributed by atoms with Crippen molar-refractivity contribution in [2.45, 2.75) is 72.4 Å². The number of aromatic nitrogens is 1. The van der Waals surface area contributed by atoms with Gasteiger partial charge in [0.1, 0.15) is 0 Å². The van der Waals surface area contributed by atoms with Crippen molar-refractivity contribution in [3.63, 3.8) is 0 Å². The smallest absolute Gasteiger partial charge is 0.253 e. The summed E-state index contributed by atoms with van der Waals surface area (Å²) in [4.78, 5) is 31.2. The summed E-state index contributed by atoms with van der Waals surface area (Å²) in [5, 5.41) is 7.17. The van der Waals surface area contributed by atoms with Crippen molar-refractivity contribution in [1.29, 1.82) is 0 Å². The summed E-state index contributed by atoms with van der Waals surface area (Å²) < 4.78 is 5.19. The summed E-state index contributed by atoms with van der Waals surface area (Å²) in [6.07, 6.45) is 10.4. The molecule has 4 rings (SSSR count). The second kappa shape index (κ2) is 12.9. The molecule has 196 valence electrons. The molecule has 3 aromatic rings. The normalized spacial score (nSPS) is 13.9. The van der Waals surface area contributed by atoms with Gasteiger partial charge in [0.25, 0.3) is 11.5 Å². The summed E-state index contributed by atoms with van der Waals surface area (Å²) in [5.74, 6) is -0.205. The molecular weight excluding hydrogens is 472 g/mol. The van der Waals surface area contributed by atoms with E-state index < -0.39 is 0 Å². The number of furan rings is 1. The van der Waals surface area contributed by atoms with Crippen molar-refractivity contribution < 1.29 is 9.21 Å². The average Bonchev–Trinajstić information content (AvgIpc) is 3.48. The molecule has 1 fully saturated rings. The fourth-order valence-electron chi connectivity index (χ4n) is 4.67. The zero-order valence-corrected chi connectivity index (χ0v) is 23.2. The Morgan fingerprint density at radius 2 is 1.92 bits per heavy atom. The number of thiophene rings is 1. The average molecular weight is 513 g/mol. The van der Waals surface area contributed by atoms with E-state index in [0.29, 0.717) is 11.1 Å². The summed E-state index contributed by atoms with van der Waals surface area (Å²) in [6.45, 7) is 8.60. The quantitative estimate of drug-likeness (QED) is 0.369. The van der Waals surface area contributed by atoms with Gasteiger partial charge in [-0.2, -0.15) is 0 Å². The molecule has 0 spiro atoms. The van der Waals surface area contributed by atoms with Crippen LogP contribution in [0.1, 0.15) is 71.8 Å². The Morgan fingerprint density at radius 1 is 1.19 bits per heavy atom. The molecule has 0 unspecified atom stereocenters. The number of carbonyl (C=O) groups is 1. The molecule has 1 aliphatic rings. The van der Waals surface area contributed by atoms with E-state index in [2.05, 4.69) is 34.6 Å². The van der Waals surface area contributed by atoms with Crippen molar-refractivity contribution in [2.24, 2.45) is 0 Å². The number of hydrogen-bond donors (Lipinski definition) is 3. The van der Waals surface area contributed by atoms with Gasteiger partial charge in [0.05, 0.1) is 28.0 Å². The molecule has 1 aliphatic carbocycles. The first-order valence-electron chi connectivity index (χ1n) is 12.8. The molecule has 3 heterocycles. The molecule has 36 heavy (non-hydrogen) atoms. The largest absolute Gasteiger partial charge is 0.472 e. The number of H-pyrrole nitrogens is 1. The first-order chi connectivity index (χ1) is 17.2. The Morgan fingerprint density at radius 3 is 2.47 bits per heavy atom. The van der Waals surface area contributed by atoms with Crippen molar-refractivity contribution in [2.75, 3.05) is 26.0 Å². The lowest BCUT2D eigenvalue weighted by atomic mass is 9.95. The summed E-state index contributed by atoms with van der Waals surface area (Å²) in [6, 6.07) is 4.63. The molecule has 3 aromatic heterocycles. The Bertz CT molecular complexity index is 1190. The lowest BCUT2D eigenvalue weighted by Gasteiger charge is -2.27. The van der Waals surface area contributed by atoms with Crippen LogP contribution in [0.2, 0.25) is 0 Å². The molecule has 1 saturated carbocycles. The molecule has 0 aromatic carbocycles. The predicted octanol–water partition coefficient (Wildman–Crippen LogP) is 5.86. The van der Waals surface area contributed by atoms with Crippen LogP contribution in [0.4, 0.5) is 5.00 Å². The molecular formula is C28H40N4O3S. The first-order valence-corrected chi connectivity index (χ1v) is 13.6. The van der Waals surface area contributed by atoms with Crippen molar-refractivity contribution in [1.82, 2.24) is 15.2 Å². The van der Waals surface area contributed by atoms with Crippen LogP contribution in [0.3, 0.4) is 0 Å². The number of hydrogen-bond acceptors (Lipinski definition) is 6. The van der Waals surface area contributed by atoms with Crippen molar-refractivity contribution in [3.05, 3.63) is 63.0 Å². The fourth-order valence-corrected chi connectivity index (χ4v) is 5.93. The number of pyridine rings is 1. The number of nitrogens with one attached hydrogen (secondary N) is 3. The molecule has 0 aliphatic heterocycles. The van der Waals surface area contributed by atoms with Gasteiger partial charge in [-0.05, 0) is 77.9 Å². The minimum absolute atomic E-state index is 0.168. The topological polar surface area (TPSA) is 90.4 Å². The highest BCUT2D eigenvalue weighted by Crippen LogP contribution is 2.40. The van der Waals surface area contributed by atoms with E-state index in [1.54, 1.807) is 12.5 Å². The highest BCUT2D eigenvalue weighted by Gasteiger charge is 2.23. The molecule has 0 atom stereocenters. The number of carbonyl (C=O) groups excluding carboxylic acids is 1. The highest BCUT2D eigenvalue weighted by molar-refractivity contribution is 7.20. The Labute approximate surface area is 218 Å². The Balaban J connectivity index is 0.000000338. The second-order valence-corrected chi connectivity index (χ2v) is 10.7. The molecule has 7 nitrogen and oxygen atoms in total. The summed E-state index contributed by atoms with van der Waals surface area (Å²) in [7, 11) is 4.38. The van der Waals surface area contributed by atoms with Gasteiger partial charge in [0.15, 0.2) is 0 Å². The van der Waals surface area contributed by atoms with E-state index in [-0.39, 0.29) is 18.0 Å². The van der Waals surface area contributed by atoms with E-state index in [0.717, 1.165) is 44.8 Å². The van der Waals surface area contributed by atoms with Gasteiger partial charge in [-0.3, -0.25) is 9.59 Å². The van der Waals surface area contributed by atoms with E-state index in [4.69, 9.17) is 4.42 Å². The van der Waals surface area contributed by atoms with Crippen LogP contribution in [0.15, 0.2) is 33.9 Å². The van der Waals surface area contributed by atoms with Gasteiger partial charge >= 0.3 is 0 Å². The van der Waals surface area contributed by atoms with Gasteiger partial charge in [0.2, 0.25) is 0 Å². The third-order valence-corrected chi connectivity index (χ3v) is 8.02. The maximum absolute atomic E-state index is 13.0. The molecule has 0 radical (unpaired) electrons. The second-order valence-electron chi connectivity index (χ2n) is 9.68. The van der Waals surface area contributed by atoms with E-state index >= 15 is 0 Å². The van der Waals surface area contributed by atoms with E-state index in [1.165, 1.54) is 43.4 Å². The molecule has 0 saturated heterocycles. The SMILES string of the molecule is CCNc1sc(-c2ccoc2)c(C(=O)NCc2c(C)cc(C)[nH]c2=O)c1C.CN(C)C1CCCCC1. The Kier molecular flexibility index (Phi) is 9.96. The minimum atomic E-state index is -0.205. The van der Waals surface area contributed by atoms with Gasteiger partial charge in [-0.25, -0.2) is 0 Å². The number of aromatic amines is 1. The van der Waals surface area contributed by atoms with Crippen LogP contribution in [-0.2, 0) is 6.54 Å². The first kappa shape index (κ1) is 27.7. The maximum atomic E-state index is 13.0. The van der Waals surface area contributed by atoms with Crippen LogP contribution in [0, 0.1) is 20.8 Å². The summed E-state index contributed by atoms with van der Waals surface area (Å²) in [5.41, 5.74) is 4.43. The van der Waals surface area contributed by atoms with Crippen molar-refractivity contribution in [3.8, 4) is 10.4 Å². The standard InChI is InChI=1S/C20H23N3O3S.C8H17N/c1-5-21-20-13(4)16(17(27-20)14-6-7-26-10-14)19(25)22-9-15-11(2)8-12(3)23-18(15)24;1-9(2)8-6-4-3-5-7-8/h6-8,10,21H,5,9H2,1-4H3,(H,22,25)(H,23,24);8H,3-7H2,1-2H3. The van der Waals surface area contributed by atoms with Crippen LogP contribution in [0.5, 0.6) is 0 Å². The van der Waals surface area contributed by atoms with Crippen LogP contribution >= 0.6 is 11.3 Å². The zero-order chi connectivity index (χ0) is 26.2. The Hall–Kier alpha value is -2.84. The van der Waals surface area contributed by atoms with Gasteiger partial charge in [-0.1, -0.05) is 19.3 Å². The number of amides is 1. The maximum Gasteiger partial charge on any atom is 0.253 e. The molecule has 1 amide bonds. The molecule has 3 N–H and O–H groups in total. The van der Waals surface area contributed by atoms with Gasteiger partial charge in [0, 0.05) is 36.0 Å². The van der Waals surface area contributed by atoms with Crippen LogP contribution < -0.4 is 16.2 Å². The minimum Gasteiger partial charge on any atom is -0.472 e. The van der Waals surface area contributed by atoms with Gasteiger partial charge < -0.3 is 24.9 Å². The van der Waals surface area contributed by atoms with E-state index in [9.17, 15) is 9.59 Å². The highest BCUT2D eigenvalue weighted by atomic mass is 32.1. The lowest BCUT2D eigenvalue weighted by molar-refractivity contribution is 0.0951. The predicted molar refractivity (Wildman–Crippen MR) is 149 cm³/mol. The zero-order valence-electron chi connectivity index (χ0n) is 22.4. The number of nitrogens with zero attached hydrogens (tertiary/aromatic N) is 1. The lowest BCUT2D eigenvalue weighted by Crippen LogP contribution is -2.29. The van der Waals surface area contributed by atoms with Crippen LogP contribution in [0.25, 0.3) is 10.4 Å².